The van der Waals surface area contributed by atoms with E-state index in [4.69, 9.17) is 11.8 Å². The van der Waals surface area contributed by atoms with Crippen LogP contribution in [0.25, 0.3) is 17.2 Å². The first-order valence-electron chi connectivity index (χ1n) is 9.85. The minimum atomic E-state index is 0.264. The predicted molar refractivity (Wildman–Crippen MR) is 124 cm³/mol. The van der Waals surface area contributed by atoms with Crippen molar-refractivity contribution in [1.29, 1.82) is 5.41 Å². The maximum absolute atomic E-state index is 7.70. The van der Waals surface area contributed by atoms with Gasteiger partial charge in [0, 0.05) is 35.5 Å². The van der Waals surface area contributed by atoms with Gasteiger partial charge in [0.05, 0.1) is 6.54 Å². The summed E-state index contributed by atoms with van der Waals surface area (Å²) in [5.74, 6) is 2.85. The second-order valence-corrected chi connectivity index (χ2v) is 7.73. The normalized spacial score (nSPS) is 16.3. The number of benzene rings is 1. The van der Waals surface area contributed by atoms with Crippen LogP contribution < -0.4 is 0 Å². The third-order valence-corrected chi connectivity index (χ3v) is 5.26. The Balaban J connectivity index is 1.89. The van der Waals surface area contributed by atoms with Gasteiger partial charge in [-0.3, -0.25) is 9.98 Å². The molecule has 0 saturated heterocycles. The predicted octanol–water partition coefficient (Wildman–Crippen LogP) is 5.61. The lowest BCUT2D eigenvalue weighted by atomic mass is 9.93. The number of terminal acetylenes is 1. The van der Waals surface area contributed by atoms with Crippen molar-refractivity contribution >= 4 is 17.5 Å². The number of hydrogen-bond donors (Lipinski definition) is 1. The van der Waals surface area contributed by atoms with Crippen molar-refractivity contribution in [3.05, 3.63) is 70.6 Å². The van der Waals surface area contributed by atoms with Crippen LogP contribution in [0, 0.1) is 37.5 Å². The quantitative estimate of drug-likeness (QED) is 0.531. The van der Waals surface area contributed by atoms with Gasteiger partial charge in [-0.2, -0.15) is 0 Å². The standard InChI is InChI=1S/C26H27N3/c1-6-25-9-8-22(15-29-25)17(2)12-23-14-24(16-28-20(23)5)26-10-7-21(11-18(26)3)13-19(4)27/h1,7-12,14,16,22,27H,13,15H2,2-5H3/b17-12+,27-19?. The van der Waals surface area contributed by atoms with Gasteiger partial charge in [0.15, 0.2) is 0 Å². The van der Waals surface area contributed by atoms with E-state index < -0.39 is 0 Å². The number of nitrogens with zero attached hydrogens (tertiary/aromatic N) is 2. The van der Waals surface area contributed by atoms with E-state index in [-0.39, 0.29) is 5.92 Å². The van der Waals surface area contributed by atoms with Crippen LogP contribution in [0.5, 0.6) is 0 Å². The van der Waals surface area contributed by atoms with Crippen molar-refractivity contribution in [2.45, 2.75) is 34.1 Å². The number of aryl methyl sites for hydroxylation is 2. The van der Waals surface area contributed by atoms with Crippen LogP contribution in [0.4, 0.5) is 0 Å². The second-order valence-electron chi connectivity index (χ2n) is 7.73. The SMILES string of the molecule is C#CC1=NCC(/C(C)=C/c2cc(-c3ccc(CC(C)=N)cc3C)cnc2C)C=C1. The van der Waals surface area contributed by atoms with Gasteiger partial charge < -0.3 is 5.41 Å². The number of allylic oxidation sites excluding steroid dienone is 1. The van der Waals surface area contributed by atoms with Crippen molar-refractivity contribution in [3.63, 3.8) is 0 Å². The molecule has 1 unspecified atom stereocenters. The molecule has 3 rings (SSSR count). The Bertz CT molecular complexity index is 1080. The molecule has 0 bridgehead atoms. The first kappa shape index (κ1) is 20.5. The number of dihydropyridines is 1. The maximum Gasteiger partial charge on any atom is 0.107 e. The lowest BCUT2D eigenvalue weighted by molar-refractivity contribution is 0.768. The largest absolute Gasteiger partial charge is 0.310 e. The number of nitrogens with one attached hydrogen (secondary N) is 1. The molecule has 146 valence electrons. The van der Waals surface area contributed by atoms with Gasteiger partial charge in [-0.05, 0) is 62.1 Å². The molecule has 0 fully saturated rings. The van der Waals surface area contributed by atoms with Crippen molar-refractivity contribution < 1.29 is 0 Å². The van der Waals surface area contributed by atoms with Crippen LogP contribution in [-0.2, 0) is 6.42 Å². The van der Waals surface area contributed by atoms with Crippen LogP contribution in [0.3, 0.4) is 0 Å². The summed E-state index contributed by atoms with van der Waals surface area (Å²) in [6.07, 6.45) is 14.3. The molecule has 1 aromatic heterocycles. The minimum Gasteiger partial charge on any atom is -0.310 e. The van der Waals surface area contributed by atoms with Gasteiger partial charge >= 0.3 is 0 Å². The van der Waals surface area contributed by atoms with Gasteiger partial charge in [0.25, 0.3) is 0 Å². The first-order valence-corrected chi connectivity index (χ1v) is 9.85. The van der Waals surface area contributed by atoms with Crippen LogP contribution in [-0.4, -0.2) is 23.0 Å². The highest BCUT2D eigenvalue weighted by molar-refractivity contribution is 6.08. The van der Waals surface area contributed by atoms with Crippen molar-refractivity contribution in [3.8, 4) is 23.5 Å². The summed E-state index contributed by atoms with van der Waals surface area (Å²) in [7, 11) is 0. The molecule has 0 amide bonds. The molecule has 1 atom stereocenters. The Morgan fingerprint density at radius 1 is 1.28 bits per heavy atom. The number of pyridine rings is 1. The molecule has 0 spiro atoms. The zero-order valence-corrected chi connectivity index (χ0v) is 17.6. The fraction of sp³-hybridized carbons (Fsp3) is 0.269. The number of aliphatic imine (C=N–C) groups is 1. The highest BCUT2D eigenvalue weighted by Gasteiger charge is 2.12. The number of hydrogen-bond acceptors (Lipinski definition) is 3. The molecular formula is C26H27N3. The summed E-state index contributed by atoms with van der Waals surface area (Å²) in [4.78, 5) is 9.08. The van der Waals surface area contributed by atoms with E-state index in [2.05, 4.69) is 66.2 Å². The first-order chi connectivity index (χ1) is 13.9. The highest BCUT2D eigenvalue weighted by atomic mass is 14.7. The molecule has 1 N–H and O–H groups in total. The molecule has 0 aliphatic carbocycles. The summed E-state index contributed by atoms with van der Waals surface area (Å²) in [5.41, 5.74) is 9.43. The Morgan fingerprint density at radius 2 is 2.07 bits per heavy atom. The van der Waals surface area contributed by atoms with E-state index in [1.807, 2.05) is 26.1 Å². The Hall–Kier alpha value is -3.25. The van der Waals surface area contributed by atoms with E-state index in [9.17, 15) is 0 Å². The topological polar surface area (TPSA) is 49.1 Å². The summed E-state index contributed by atoms with van der Waals surface area (Å²) in [6.45, 7) is 8.83. The molecule has 1 aliphatic rings. The molecule has 3 nitrogen and oxygen atoms in total. The smallest absolute Gasteiger partial charge is 0.107 e. The molecule has 0 saturated carbocycles. The van der Waals surface area contributed by atoms with Crippen LogP contribution in [0.15, 0.2) is 53.2 Å². The van der Waals surface area contributed by atoms with E-state index in [0.29, 0.717) is 24.4 Å². The lowest BCUT2D eigenvalue weighted by Crippen LogP contribution is -2.10. The highest BCUT2D eigenvalue weighted by Crippen LogP contribution is 2.27. The average Bonchev–Trinajstić information content (AvgIpc) is 2.69. The zero-order chi connectivity index (χ0) is 21.0. The summed E-state index contributed by atoms with van der Waals surface area (Å²) < 4.78 is 0. The molecule has 1 aliphatic heterocycles. The van der Waals surface area contributed by atoms with Gasteiger partial charge in [-0.1, -0.05) is 41.8 Å². The van der Waals surface area contributed by atoms with Gasteiger partial charge in [0.2, 0.25) is 0 Å². The van der Waals surface area contributed by atoms with Gasteiger partial charge in [-0.25, -0.2) is 0 Å². The summed E-state index contributed by atoms with van der Waals surface area (Å²) in [5, 5.41) is 7.70. The van der Waals surface area contributed by atoms with E-state index in [1.54, 1.807) is 0 Å². The fourth-order valence-corrected chi connectivity index (χ4v) is 3.57. The maximum atomic E-state index is 7.70. The summed E-state index contributed by atoms with van der Waals surface area (Å²) in [6, 6.07) is 8.62. The van der Waals surface area contributed by atoms with E-state index in [0.717, 1.165) is 16.8 Å². The number of rotatable bonds is 5. The van der Waals surface area contributed by atoms with Crippen molar-refractivity contribution in [2.24, 2.45) is 10.9 Å². The molecule has 2 heterocycles. The van der Waals surface area contributed by atoms with Crippen LogP contribution in [0.2, 0.25) is 0 Å². The van der Waals surface area contributed by atoms with E-state index >= 15 is 0 Å². The average molecular weight is 382 g/mol. The Morgan fingerprint density at radius 3 is 2.69 bits per heavy atom. The monoisotopic (exact) mass is 381 g/mol. The summed E-state index contributed by atoms with van der Waals surface area (Å²) >= 11 is 0. The minimum absolute atomic E-state index is 0.264. The molecule has 2 aromatic rings. The molecular weight excluding hydrogens is 354 g/mol. The van der Waals surface area contributed by atoms with E-state index in [1.165, 1.54) is 22.3 Å². The Kier molecular flexibility index (Phi) is 6.24. The zero-order valence-electron chi connectivity index (χ0n) is 17.6. The molecule has 0 radical (unpaired) electrons. The Labute approximate surface area is 173 Å². The molecule has 3 heteroatoms. The third-order valence-electron chi connectivity index (χ3n) is 5.26. The lowest BCUT2D eigenvalue weighted by Gasteiger charge is -2.16. The molecule has 1 aromatic carbocycles. The van der Waals surface area contributed by atoms with Gasteiger partial charge in [-0.15, -0.1) is 6.42 Å². The molecule has 29 heavy (non-hydrogen) atoms. The van der Waals surface area contributed by atoms with Crippen molar-refractivity contribution in [2.75, 3.05) is 6.54 Å². The van der Waals surface area contributed by atoms with Crippen molar-refractivity contribution in [1.82, 2.24) is 4.98 Å². The van der Waals surface area contributed by atoms with Crippen LogP contribution >= 0.6 is 0 Å². The number of aromatic nitrogens is 1. The fourth-order valence-electron chi connectivity index (χ4n) is 3.57. The van der Waals surface area contributed by atoms with Crippen LogP contribution in [0.1, 0.15) is 36.2 Å². The van der Waals surface area contributed by atoms with Gasteiger partial charge in [0.1, 0.15) is 5.71 Å². The second kappa shape index (κ2) is 8.84. The third kappa shape index (κ3) is 4.97.